The third kappa shape index (κ3) is 3.93. The second-order valence-corrected chi connectivity index (χ2v) is 7.04. The van der Waals surface area contributed by atoms with E-state index in [2.05, 4.69) is 18.7 Å². The summed E-state index contributed by atoms with van der Waals surface area (Å²) in [4.78, 5) is 2.34. The minimum atomic E-state index is 0.000895. The van der Waals surface area contributed by atoms with Crippen LogP contribution in [0.1, 0.15) is 38.7 Å². The van der Waals surface area contributed by atoms with Crippen LogP contribution in [0.4, 0.5) is 0 Å². The highest BCUT2D eigenvalue weighted by atomic mass is 16.5. The fourth-order valence-electron chi connectivity index (χ4n) is 3.77. The second kappa shape index (κ2) is 7.34. The molecule has 2 N–H and O–H groups in total. The van der Waals surface area contributed by atoms with Gasteiger partial charge in [0.25, 0.3) is 0 Å². The molecule has 0 bridgehead atoms. The molecule has 1 unspecified atom stereocenters. The van der Waals surface area contributed by atoms with Crippen LogP contribution in [0.2, 0.25) is 0 Å². The molecule has 1 fully saturated rings. The third-order valence-electron chi connectivity index (χ3n) is 4.61. The number of ether oxygens (including phenoxy) is 1. The molecule has 0 aliphatic carbocycles. The van der Waals surface area contributed by atoms with E-state index in [1.807, 2.05) is 12.1 Å². The lowest BCUT2D eigenvalue weighted by Crippen LogP contribution is -2.45. The van der Waals surface area contributed by atoms with Gasteiger partial charge in [-0.05, 0) is 37.8 Å². The molecule has 0 saturated carbocycles. The zero-order chi connectivity index (χ0) is 16.2. The van der Waals surface area contributed by atoms with Gasteiger partial charge in [0.2, 0.25) is 0 Å². The number of aliphatic hydroxyl groups excluding tert-OH is 1. The molecule has 1 atom stereocenters. The van der Waals surface area contributed by atoms with Crippen molar-refractivity contribution in [1.29, 1.82) is 0 Å². The van der Waals surface area contributed by atoms with Gasteiger partial charge in [-0.15, -0.1) is 0 Å². The van der Waals surface area contributed by atoms with Gasteiger partial charge in [0.15, 0.2) is 11.5 Å². The number of aliphatic hydroxyl groups is 1. The first-order valence-corrected chi connectivity index (χ1v) is 8.18. The second-order valence-electron chi connectivity index (χ2n) is 7.04. The topological polar surface area (TPSA) is 52.9 Å². The average molecular weight is 307 g/mol. The number of nitrogens with zero attached hydrogens (tertiary/aromatic N) is 1. The van der Waals surface area contributed by atoms with Crippen molar-refractivity contribution in [3.63, 3.8) is 0 Å². The molecular formula is C18H29NO3. The van der Waals surface area contributed by atoms with Crippen molar-refractivity contribution in [1.82, 2.24) is 4.90 Å². The standard InChI is InChI=1S/C18H29NO3/c1-14(2)10-18(13-20)8-5-9-19(12-18)11-15-6-4-7-16(22-3)17(15)21/h4,6-7,14,20-21H,5,8-13H2,1-3H3. The number of phenols is 1. The quantitative estimate of drug-likeness (QED) is 0.848. The predicted octanol–water partition coefficient (Wildman–Crippen LogP) is 3.02. The number of rotatable bonds is 6. The highest BCUT2D eigenvalue weighted by Crippen LogP contribution is 2.37. The molecule has 2 rings (SSSR count). The summed E-state index contributed by atoms with van der Waals surface area (Å²) in [6.45, 7) is 7.26. The lowest BCUT2D eigenvalue weighted by atomic mass is 9.74. The third-order valence-corrected chi connectivity index (χ3v) is 4.61. The summed E-state index contributed by atoms with van der Waals surface area (Å²) in [5, 5.41) is 20.2. The van der Waals surface area contributed by atoms with E-state index in [1.165, 1.54) is 0 Å². The molecule has 0 radical (unpaired) electrons. The number of methoxy groups -OCH3 is 1. The maximum absolute atomic E-state index is 10.3. The Bertz CT molecular complexity index is 489. The monoisotopic (exact) mass is 307 g/mol. The van der Waals surface area contributed by atoms with Gasteiger partial charge in [0.1, 0.15) is 0 Å². The summed E-state index contributed by atoms with van der Waals surface area (Å²) in [7, 11) is 1.57. The molecule has 124 valence electrons. The van der Waals surface area contributed by atoms with Crippen LogP contribution in [0.3, 0.4) is 0 Å². The van der Waals surface area contributed by atoms with E-state index in [-0.39, 0.29) is 17.8 Å². The average Bonchev–Trinajstić information content (AvgIpc) is 2.49. The smallest absolute Gasteiger partial charge is 0.162 e. The van der Waals surface area contributed by atoms with Gasteiger partial charge in [0, 0.05) is 30.7 Å². The Labute approximate surface area is 133 Å². The first kappa shape index (κ1) is 17.1. The minimum absolute atomic E-state index is 0.000895. The van der Waals surface area contributed by atoms with Crippen LogP contribution >= 0.6 is 0 Å². The number of benzene rings is 1. The van der Waals surface area contributed by atoms with Gasteiger partial charge in [-0.25, -0.2) is 0 Å². The minimum Gasteiger partial charge on any atom is -0.504 e. The normalized spacial score (nSPS) is 23.0. The Morgan fingerprint density at radius 2 is 2.14 bits per heavy atom. The van der Waals surface area contributed by atoms with Gasteiger partial charge < -0.3 is 14.9 Å². The molecule has 0 amide bonds. The van der Waals surface area contributed by atoms with E-state index in [4.69, 9.17) is 4.74 Å². The number of piperidine rings is 1. The fraction of sp³-hybridized carbons (Fsp3) is 0.667. The van der Waals surface area contributed by atoms with Crippen molar-refractivity contribution in [2.45, 2.75) is 39.7 Å². The predicted molar refractivity (Wildman–Crippen MR) is 88.1 cm³/mol. The van der Waals surface area contributed by atoms with Crippen molar-refractivity contribution >= 4 is 0 Å². The first-order chi connectivity index (χ1) is 10.5. The SMILES string of the molecule is COc1cccc(CN2CCCC(CO)(CC(C)C)C2)c1O. The molecule has 1 aromatic carbocycles. The lowest BCUT2D eigenvalue weighted by molar-refractivity contribution is 0.0130. The van der Waals surface area contributed by atoms with Crippen LogP contribution in [0.25, 0.3) is 0 Å². The maximum atomic E-state index is 10.3. The molecule has 1 aliphatic heterocycles. The van der Waals surface area contributed by atoms with E-state index in [0.29, 0.717) is 18.2 Å². The van der Waals surface area contributed by atoms with Crippen LogP contribution in [0.15, 0.2) is 18.2 Å². The Hall–Kier alpha value is -1.26. The zero-order valence-electron chi connectivity index (χ0n) is 14.0. The number of phenolic OH excluding ortho intramolecular Hbond substituents is 1. The zero-order valence-corrected chi connectivity index (χ0v) is 14.0. The van der Waals surface area contributed by atoms with E-state index < -0.39 is 0 Å². The van der Waals surface area contributed by atoms with Gasteiger partial charge in [-0.1, -0.05) is 26.0 Å². The van der Waals surface area contributed by atoms with Crippen molar-refractivity contribution in [2.24, 2.45) is 11.3 Å². The highest BCUT2D eigenvalue weighted by Gasteiger charge is 2.35. The van der Waals surface area contributed by atoms with Crippen molar-refractivity contribution < 1.29 is 14.9 Å². The summed E-state index contributed by atoms with van der Waals surface area (Å²) in [5.41, 5.74) is 0.888. The van der Waals surface area contributed by atoms with Crippen LogP contribution in [0.5, 0.6) is 11.5 Å². The number of hydrogen-bond donors (Lipinski definition) is 2. The molecule has 1 aliphatic rings. The summed E-state index contributed by atoms with van der Waals surface area (Å²) in [6.07, 6.45) is 3.23. The van der Waals surface area contributed by atoms with E-state index in [1.54, 1.807) is 13.2 Å². The van der Waals surface area contributed by atoms with Crippen molar-refractivity contribution in [2.75, 3.05) is 26.8 Å². The summed E-state index contributed by atoms with van der Waals surface area (Å²) < 4.78 is 5.18. The lowest BCUT2D eigenvalue weighted by Gasteiger charge is -2.43. The van der Waals surface area contributed by atoms with Crippen LogP contribution < -0.4 is 4.74 Å². The number of likely N-dealkylation sites (tertiary alicyclic amines) is 1. The molecule has 1 saturated heterocycles. The summed E-state index contributed by atoms with van der Waals surface area (Å²) >= 11 is 0. The van der Waals surface area contributed by atoms with E-state index >= 15 is 0 Å². The van der Waals surface area contributed by atoms with Gasteiger partial charge in [-0.3, -0.25) is 4.90 Å². The number of para-hydroxylation sites is 1. The van der Waals surface area contributed by atoms with E-state index in [0.717, 1.165) is 37.9 Å². The largest absolute Gasteiger partial charge is 0.504 e. The Morgan fingerprint density at radius 3 is 2.77 bits per heavy atom. The summed E-state index contributed by atoms with van der Waals surface area (Å²) in [5.74, 6) is 1.33. The molecule has 4 nitrogen and oxygen atoms in total. The first-order valence-electron chi connectivity index (χ1n) is 8.18. The molecule has 0 aromatic heterocycles. The van der Waals surface area contributed by atoms with E-state index in [9.17, 15) is 10.2 Å². The molecular weight excluding hydrogens is 278 g/mol. The Kier molecular flexibility index (Phi) is 5.70. The summed E-state index contributed by atoms with van der Waals surface area (Å²) in [6, 6.07) is 5.62. The molecule has 1 aromatic rings. The maximum Gasteiger partial charge on any atom is 0.162 e. The molecule has 1 heterocycles. The van der Waals surface area contributed by atoms with Crippen LogP contribution in [-0.4, -0.2) is 41.9 Å². The number of aromatic hydroxyl groups is 1. The van der Waals surface area contributed by atoms with Crippen molar-refractivity contribution in [3.05, 3.63) is 23.8 Å². The van der Waals surface area contributed by atoms with Crippen LogP contribution in [0, 0.1) is 11.3 Å². The Balaban J connectivity index is 2.10. The van der Waals surface area contributed by atoms with Crippen LogP contribution in [-0.2, 0) is 6.54 Å². The van der Waals surface area contributed by atoms with Gasteiger partial charge >= 0.3 is 0 Å². The highest BCUT2D eigenvalue weighted by molar-refractivity contribution is 5.45. The molecule has 4 heteroatoms. The van der Waals surface area contributed by atoms with Crippen molar-refractivity contribution in [3.8, 4) is 11.5 Å². The molecule has 0 spiro atoms. The Morgan fingerprint density at radius 1 is 1.36 bits per heavy atom. The fourth-order valence-corrected chi connectivity index (χ4v) is 3.77. The van der Waals surface area contributed by atoms with Gasteiger partial charge in [-0.2, -0.15) is 0 Å². The number of hydrogen-bond acceptors (Lipinski definition) is 4. The molecule has 22 heavy (non-hydrogen) atoms. The van der Waals surface area contributed by atoms with Gasteiger partial charge in [0.05, 0.1) is 7.11 Å².